The fourth-order valence-corrected chi connectivity index (χ4v) is 3.88. The van der Waals surface area contributed by atoms with Crippen LogP contribution in [0.25, 0.3) is 10.6 Å². The second kappa shape index (κ2) is 9.59. The van der Waals surface area contributed by atoms with Gasteiger partial charge in [-0.05, 0) is 20.8 Å². The lowest BCUT2D eigenvalue weighted by atomic mass is 10.1. The van der Waals surface area contributed by atoms with Crippen LogP contribution in [0.15, 0.2) is 5.38 Å². The third-order valence-corrected chi connectivity index (χ3v) is 5.49. The van der Waals surface area contributed by atoms with Crippen molar-refractivity contribution >= 4 is 39.7 Å². The van der Waals surface area contributed by atoms with Gasteiger partial charge < -0.3 is 15.7 Å². The molecule has 28 heavy (non-hydrogen) atoms. The van der Waals surface area contributed by atoms with Crippen LogP contribution in [0.2, 0.25) is 0 Å². The van der Waals surface area contributed by atoms with E-state index in [1.54, 1.807) is 13.8 Å². The molecule has 3 amide bonds. The van der Waals surface area contributed by atoms with E-state index in [1.165, 1.54) is 22.7 Å². The van der Waals surface area contributed by atoms with Gasteiger partial charge in [-0.25, -0.2) is 14.8 Å². The first kappa shape index (κ1) is 21.7. The van der Waals surface area contributed by atoms with Crippen molar-refractivity contribution in [1.29, 1.82) is 5.26 Å². The van der Waals surface area contributed by atoms with Crippen molar-refractivity contribution in [3.05, 3.63) is 16.1 Å². The van der Waals surface area contributed by atoms with Gasteiger partial charge in [0.2, 0.25) is 5.91 Å². The summed E-state index contributed by atoms with van der Waals surface area (Å²) >= 11 is 2.71. The average molecular weight is 423 g/mol. The lowest BCUT2D eigenvalue weighted by Gasteiger charge is -2.23. The molecule has 4 N–H and O–H groups in total. The standard InChI is InChI=1S/C17H22N6O3S2/c1-10-14(11-8-27-13(21-11)4-6-18)28-16(20-10)22-15(26)19-7-5-12(25)23-17(2,3)9-24/h8,24H,4-5,7,9H2,1-3H3,(H,23,25)(H2,19,20,22,26). The SMILES string of the molecule is Cc1nc(NC(=O)NCCC(=O)NC(C)(C)CO)sc1-c1csc(CC#N)n1. The second-order valence-corrected chi connectivity index (χ2v) is 8.56. The van der Waals surface area contributed by atoms with Crippen molar-refractivity contribution in [3.63, 3.8) is 0 Å². The first-order chi connectivity index (χ1) is 13.2. The number of hydrogen-bond acceptors (Lipinski definition) is 8. The van der Waals surface area contributed by atoms with E-state index in [4.69, 9.17) is 10.4 Å². The van der Waals surface area contributed by atoms with Crippen LogP contribution in [-0.2, 0) is 11.2 Å². The van der Waals surface area contributed by atoms with Crippen LogP contribution in [0.1, 0.15) is 31.0 Å². The predicted molar refractivity (Wildman–Crippen MR) is 108 cm³/mol. The van der Waals surface area contributed by atoms with Crippen LogP contribution in [0.5, 0.6) is 0 Å². The van der Waals surface area contributed by atoms with Gasteiger partial charge in [-0.1, -0.05) is 11.3 Å². The maximum absolute atomic E-state index is 12.0. The van der Waals surface area contributed by atoms with E-state index in [0.29, 0.717) is 5.13 Å². The van der Waals surface area contributed by atoms with E-state index in [2.05, 4.69) is 32.0 Å². The Kier molecular flexibility index (Phi) is 7.45. The second-order valence-electron chi connectivity index (χ2n) is 6.62. The first-order valence-corrected chi connectivity index (χ1v) is 10.2. The topological polar surface area (TPSA) is 140 Å². The Morgan fingerprint density at radius 3 is 2.79 bits per heavy atom. The molecule has 0 aliphatic carbocycles. The molecule has 0 spiro atoms. The number of urea groups is 1. The summed E-state index contributed by atoms with van der Waals surface area (Å²) in [4.78, 5) is 33.3. The summed E-state index contributed by atoms with van der Waals surface area (Å²) in [7, 11) is 0. The van der Waals surface area contributed by atoms with Gasteiger partial charge in [-0.2, -0.15) is 5.26 Å². The molecule has 0 aliphatic rings. The minimum Gasteiger partial charge on any atom is -0.394 e. The fourth-order valence-electron chi connectivity index (χ4n) is 2.16. The molecule has 0 atom stereocenters. The van der Waals surface area contributed by atoms with E-state index in [1.807, 2.05) is 12.3 Å². The van der Waals surface area contributed by atoms with Gasteiger partial charge in [-0.15, -0.1) is 11.3 Å². The number of nitrogens with one attached hydrogen (secondary N) is 3. The Labute approximate surface area is 170 Å². The number of aliphatic hydroxyl groups excluding tert-OH is 1. The van der Waals surface area contributed by atoms with Gasteiger partial charge in [0.15, 0.2) is 5.13 Å². The fraction of sp³-hybridized carbons (Fsp3) is 0.471. The maximum Gasteiger partial charge on any atom is 0.321 e. The first-order valence-electron chi connectivity index (χ1n) is 8.50. The highest BCUT2D eigenvalue weighted by molar-refractivity contribution is 7.19. The molecule has 150 valence electrons. The molecule has 2 aromatic heterocycles. The summed E-state index contributed by atoms with van der Waals surface area (Å²) in [5, 5.41) is 28.8. The highest BCUT2D eigenvalue weighted by Crippen LogP contribution is 2.33. The molecule has 0 saturated carbocycles. The van der Waals surface area contributed by atoms with Gasteiger partial charge in [0.1, 0.15) is 5.01 Å². The van der Waals surface area contributed by atoms with E-state index in [0.717, 1.165) is 21.3 Å². The monoisotopic (exact) mass is 422 g/mol. The Morgan fingerprint density at radius 2 is 2.11 bits per heavy atom. The molecule has 0 unspecified atom stereocenters. The van der Waals surface area contributed by atoms with Crippen LogP contribution in [0, 0.1) is 18.3 Å². The van der Waals surface area contributed by atoms with Crippen LogP contribution in [-0.4, -0.2) is 45.7 Å². The summed E-state index contributed by atoms with van der Waals surface area (Å²) in [6.07, 6.45) is 0.360. The highest BCUT2D eigenvalue weighted by atomic mass is 32.1. The maximum atomic E-state index is 12.0. The number of anilines is 1. The highest BCUT2D eigenvalue weighted by Gasteiger charge is 2.19. The Morgan fingerprint density at radius 1 is 1.36 bits per heavy atom. The number of carbonyl (C=O) groups is 2. The zero-order chi connectivity index (χ0) is 20.7. The van der Waals surface area contributed by atoms with E-state index < -0.39 is 11.6 Å². The molecule has 0 bridgehead atoms. The van der Waals surface area contributed by atoms with Crippen molar-refractivity contribution in [3.8, 4) is 16.6 Å². The normalized spacial score (nSPS) is 11.0. The number of carbonyl (C=O) groups excluding carboxylic acids is 2. The number of nitrogens with zero attached hydrogens (tertiary/aromatic N) is 3. The van der Waals surface area contributed by atoms with Crippen molar-refractivity contribution < 1.29 is 14.7 Å². The zero-order valence-electron chi connectivity index (χ0n) is 15.8. The molecule has 0 radical (unpaired) electrons. The summed E-state index contributed by atoms with van der Waals surface area (Å²) in [6, 6.07) is 1.61. The third-order valence-electron chi connectivity index (χ3n) is 3.54. The molecule has 0 aromatic carbocycles. The summed E-state index contributed by atoms with van der Waals surface area (Å²) in [5.74, 6) is -0.261. The molecule has 2 rings (SSSR count). The third kappa shape index (κ3) is 6.26. The van der Waals surface area contributed by atoms with E-state index in [-0.39, 0.29) is 31.9 Å². The number of aromatic nitrogens is 2. The minimum absolute atomic E-state index is 0.0967. The number of aryl methyl sites for hydroxylation is 1. The summed E-state index contributed by atoms with van der Waals surface area (Å²) < 4.78 is 0. The molecular formula is C17H22N6O3S2. The number of amides is 3. The van der Waals surface area contributed by atoms with Gasteiger partial charge in [0.25, 0.3) is 0 Å². The average Bonchev–Trinajstić information content (AvgIpc) is 3.21. The van der Waals surface area contributed by atoms with E-state index >= 15 is 0 Å². The van der Waals surface area contributed by atoms with Crippen molar-refractivity contribution in [2.24, 2.45) is 0 Å². The van der Waals surface area contributed by atoms with Crippen LogP contribution in [0.3, 0.4) is 0 Å². The van der Waals surface area contributed by atoms with Crippen molar-refractivity contribution in [1.82, 2.24) is 20.6 Å². The van der Waals surface area contributed by atoms with Crippen LogP contribution < -0.4 is 16.0 Å². The van der Waals surface area contributed by atoms with Crippen molar-refractivity contribution in [2.75, 3.05) is 18.5 Å². The minimum atomic E-state index is -0.697. The largest absolute Gasteiger partial charge is 0.394 e. The molecule has 2 heterocycles. The molecular weight excluding hydrogens is 400 g/mol. The smallest absolute Gasteiger partial charge is 0.321 e. The quantitative estimate of drug-likeness (QED) is 0.513. The summed E-state index contributed by atoms with van der Waals surface area (Å²) in [5.41, 5.74) is 0.776. The molecule has 0 fully saturated rings. The van der Waals surface area contributed by atoms with Gasteiger partial charge >= 0.3 is 6.03 Å². The van der Waals surface area contributed by atoms with Gasteiger partial charge in [0.05, 0.1) is 40.9 Å². The molecule has 9 nitrogen and oxygen atoms in total. The molecule has 0 saturated heterocycles. The van der Waals surface area contributed by atoms with Crippen LogP contribution in [0.4, 0.5) is 9.93 Å². The Hall–Kier alpha value is -2.55. The lowest BCUT2D eigenvalue weighted by Crippen LogP contribution is -2.47. The Balaban J connectivity index is 1.86. The van der Waals surface area contributed by atoms with Gasteiger partial charge in [0, 0.05) is 18.3 Å². The number of nitriles is 1. The van der Waals surface area contributed by atoms with Crippen molar-refractivity contribution in [2.45, 2.75) is 39.2 Å². The van der Waals surface area contributed by atoms with E-state index in [9.17, 15) is 9.59 Å². The zero-order valence-corrected chi connectivity index (χ0v) is 17.5. The molecule has 2 aromatic rings. The summed E-state index contributed by atoms with van der Waals surface area (Å²) in [6.45, 7) is 5.22. The Bertz CT molecular complexity index is 884. The molecule has 11 heteroatoms. The predicted octanol–water partition coefficient (Wildman–Crippen LogP) is 2.04. The number of hydrogen-bond donors (Lipinski definition) is 4. The lowest BCUT2D eigenvalue weighted by molar-refractivity contribution is -0.123. The van der Waals surface area contributed by atoms with Crippen LogP contribution >= 0.6 is 22.7 Å². The number of thiazole rings is 2. The molecule has 0 aliphatic heterocycles. The van der Waals surface area contributed by atoms with Gasteiger partial charge in [-0.3, -0.25) is 10.1 Å². The number of rotatable bonds is 8. The number of aliphatic hydroxyl groups is 1.